The van der Waals surface area contributed by atoms with Gasteiger partial charge in [-0.15, -0.1) is 0 Å². The van der Waals surface area contributed by atoms with Gasteiger partial charge in [-0.2, -0.15) is 0 Å². The molecule has 88 valence electrons. The molecule has 2 saturated heterocycles. The molecule has 2 amide bonds. The molecule has 16 heavy (non-hydrogen) atoms. The highest BCUT2D eigenvalue weighted by atomic mass is 16.2. The Balaban J connectivity index is 1.63. The van der Waals surface area contributed by atoms with Crippen molar-refractivity contribution in [2.45, 2.75) is 12.8 Å². The molecule has 1 spiro atoms. The van der Waals surface area contributed by atoms with Crippen LogP contribution < -0.4 is 10.6 Å². The molecule has 2 aliphatic heterocycles. The molecule has 2 unspecified atom stereocenters. The van der Waals surface area contributed by atoms with E-state index in [1.165, 1.54) is 0 Å². The van der Waals surface area contributed by atoms with Gasteiger partial charge in [0, 0.05) is 25.6 Å². The molecule has 2 N–H and O–H groups in total. The maximum Gasteiger partial charge on any atom is 0.239 e. The number of hydrogen-bond acceptors (Lipinski definition) is 3. The Morgan fingerprint density at radius 2 is 2.31 bits per heavy atom. The van der Waals surface area contributed by atoms with E-state index in [0.717, 1.165) is 25.9 Å². The van der Waals surface area contributed by atoms with Crippen LogP contribution >= 0.6 is 0 Å². The molecule has 5 heteroatoms. The molecule has 0 radical (unpaired) electrons. The van der Waals surface area contributed by atoms with Crippen molar-refractivity contribution >= 4 is 11.8 Å². The van der Waals surface area contributed by atoms with E-state index in [1.807, 2.05) is 0 Å². The maximum atomic E-state index is 12.2. The van der Waals surface area contributed by atoms with Crippen molar-refractivity contribution in [3.05, 3.63) is 0 Å². The van der Waals surface area contributed by atoms with Crippen molar-refractivity contribution < 1.29 is 9.59 Å². The third-order valence-electron chi connectivity index (χ3n) is 4.11. The average Bonchev–Trinajstić information content (AvgIpc) is 2.75. The molecule has 1 saturated carbocycles. The quantitative estimate of drug-likeness (QED) is 0.596. The van der Waals surface area contributed by atoms with Crippen molar-refractivity contribution in [2.75, 3.05) is 32.7 Å². The van der Waals surface area contributed by atoms with Crippen LogP contribution in [0.4, 0.5) is 0 Å². The first-order valence-electron chi connectivity index (χ1n) is 5.97. The molecule has 3 aliphatic rings. The molecule has 5 nitrogen and oxygen atoms in total. The Kier molecular flexibility index (Phi) is 2.17. The average molecular weight is 223 g/mol. The molecule has 0 aromatic heterocycles. The van der Waals surface area contributed by atoms with Gasteiger partial charge in [0.05, 0.1) is 6.54 Å². The fourth-order valence-corrected chi connectivity index (χ4v) is 2.98. The number of carbonyl (C=O) groups excluding carboxylic acids is 2. The van der Waals surface area contributed by atoms with Crippen LogP contribution in [0.15, 0.2) is 0 Å². The number of carbonyl (C=O) groups is 2. The summed E-state index contributed by atoms with van der Waals surface area (Å²) in [6.45, 7) is 3.53. The van der Waals surface area contributed by atoms with E-state index in [1.54, 1.807) is 4.90 Å². The summed E-state index contributed by atoms with van der Waals surface area (Å²) >= 11 is 0. The lowest BCUT2D eigenvalue weighted by Gasteiger charge is -2.27. The van der Waals surface area contributed by atoms with Crippen LogP contribution in [-0.4, -0.2) is 49.4 Å². The summed E-state index contributed by atoms with van der Waals surface area (Å²) in [5.41, 5.74) is 0.241. The Labute approximate surface area is 94.6 Å². The van der Waals surface area contributed by atoms with Gasteiger partial charge in [0.2, 0.25) is 11.8 Å². The molecule has 2 atom stereocenters. The zero-order chi connectivity index (χ0) is 11.2. The van der Waals surface area contributed by atoms with E-state index in [9.17, 15) is 9.59 Å². The Morgan fingerprint density at radius 3 is 3.00 bits per heavy atom. The Bertz CT molecular complexity index is 336. The highest BCUT2D eigenvalue weighted by molar-refractivity contribution is 5.89. The Morgan fingerprint density at radius 1 is 1.44 bits per heavy atom. The van der Waals surface area contributed by atoms with Gasteiger partial charge in [-0.1, -0.05) is 0 Å². The van der Waals surface area contributed by atoms with Crippen LogP contribution in [0.3, 0.4) is 0 Å². The standard InChI is InChI=1S/C11H17N3O2/c15-9-6-14(4-3-13-9)10(16)8-5-11(8)1-2-12-7-11/h8,12H,1-7H2,(H,13,15). The third-order valence-corrected chi connectivity index (χ3v) is 4.11. The third kappa shape index (κ3) is 1.50. The number of nitrogens with zero attached hydrogens (tertiary/aromatic N) is 1. The highest BCUT2D eigenvalue weighted by Crippen LogP contribution is 2.57. The summed E-state index contributed by atoms with van der Waals surface area (Å²) < 4.78 is 0. The second-order valence-electron chi connectivity index (χ2n) is 5.16. The van der Waals surface area contributed by atoms with Crippen LogP contribution in [0.1, 0.15) is 12.8 Å². The zero-order valence-corrected chi connectivity index (χ0v) is 9.29. The van der Waals surface area contributed by atoms with Gasteiger partial charge in [0.15, 0.2) is 0 Å². The summed E-state index contributed by atoms with van der Waals surface area (Å²) in [6, 6.07) is 0. The second kappa shape index (κ2) is 3.45. The fourth-order valence-electron chi connectivity index (χ4n) is 2.98. The van der Waals surface area contributed by atoms with E-state index in [-0.39, 0.29) is 29.7 Å². The molecule has 3 rings (SSSR count). The van der Waals surface area contributed by atoms with E-state index in [0.29, 0.717) is 13.1 Å². The maximum absolute atomic E-state index is 12.2. The first-order chi connectivity index (χ1) is 7.71. The van der Waals surface area contributed by atoms with Gasteiger partial charge >= 0.3 is 0 Å². The highest BCUT2D eigenvalue weighted by Gasteiger charge is 2.59. The number of amides is 2. The van der Waals surface area contributed by atoms with Crippen LogP contribution in [0, 0.1) is 11.3 Å². The van der Waals surface area contributed by atoms with Crippen LogP contribution in [-0.2, 0) is 9.59 Å². The monoisotopic (exact) mass is 223 g/mol. The molecular formula is C11H17N3O2. The number of rotatable bonds is 1. The van der Waals surface area contributed by atoms with Crippen LogP contribution in [0.2, 0.25) is 0 Å². The number of hydrogen-bond donors (Lipinski definition) is 2. The SMILES string of the molecule is O=C1CN(C(=O)C2CC23CCNC3)CCN1. The van der Waals surface area contributed by atoms with Crippen LogP contribution in [0.5, 0.6) is 0 Å². The lowest BCUT2D eigenvalue weighted by Crippen LogP contribution is -2.50. The minimum Gasteiger partial charge on any atom is -0.353 e. The van der Waals surface area contributed by atoms with Gasteiger partial charge in [0.1, 0.15) is 0 Å². The van der Waals surface area contributed by atoms with Crippen molar-refractivity contribution in [1.82, 2.24) is 15.5 Å². The van der Waals surface area contributed by atoms with Gasteiger partial charge < -0.3 is 15.5 Å². The normalized spacial score (nSPS) is 37.6. The summed E-state index contributed by atoms with van der Waals surface area (Å²) in [4.78, 5) is 25.1. The smallest absolute Gasteiger partial charge is 0.239 e. The van der Waals surface area contributed by atoms with Gasteiger partial charge in [-0.3, -0.25) is 9.59 Å². The van der Waals surface area contributed by atoms with Gasteiger partial charge in [0.25, 0.3) is 0 Å². The fraction of sp³-hybridized carbons (Fsp3) is 0.818. The van der Waals surface area contributed by atoms with Crippen molar-refractivity contribution in [3.8, 4) is 0 Å². The summed E-state index contributed by atoms with van der Waals surface area (Å²) in [6.07, 6.45) is 2.13. The van der Waals surface area contributed by atoms with Crippen molar-refractivity contribution in [3.63, 3.8) is 0 Å². The lowest BCUT2D eigenvalue weighted by atomic mass is 10.0. The Hall–Kier alpha value is -1.10. The van der Waals surface area contributed by atoms with E-state index in [2.05, 4.69) is 10.6 Å². The molecule has 2 heterocycles. The van der Waals surface area contributed by atoms with E-state index >= 15 is 0 Å². The summed E-state index contributed by atoms with van der Waals surface area (Å²) in [5.74, 6) is 0.339. The minimum absolute atomic E-state index is 0.0288. The molecular weight excluding hydrogens is 206 g/mol. The van der Waals surface area contributed by atoms with E-state index < -0.39 is 0 Å². The molecule has 3 fully saturated rings. The molecule has 0 aromatic carbocycles. The minimum atomic E-state index is -0.0288. The topological polar surface area (TPSA) is 61.4 Å². The molecule has 0 bridgehead atoms. The predicted molar refractivity (Wildman–Crippen MR) is 57.6 cm³/mol. The first kappa shape index (κ1) is 10.1. The zero-order valence-electron chi connectivity index (χ0n) is 9.29. The summed E-state index contributed by atoms with van der Waals surface area (Å²) in [5, 5.41) is 6.06. The largest absolute Gasteiger partial charge is 0.353 e. The van der Waals surface area contributed by atoms with E-state index in [4.69, 9.17) is 0 Å². The van der Waals surface area contributed by atoms with Crippen molar-refractivity contribution in [1.29, 1.82) is 0 Å². The predicted octanol–water partition coefficient (Wildman–Crippen LogP) is -1.06. The first-order valence-corrected chi connectivity index (χ1v) is 5.97. The van der Waals surface area contributed by atoms with Crippen LogP contribution in [0.25, 0.3) is 0 Å². The molecule has 1 aliphatic carbocycles. The van der Waals surface area contributed by atoms with Crippen molar-refractivity contribution in [2.24, 2.45) is 11.3 Å². The second-order valence-corrected chi connectivity index (χ2v) is 5.16. The molecule has 0 aromatic rings. The summed E-state index contributed by atoms with van der Waals surface area (Å²) in [7, 11) is 0. The van der Waals surface area contributed by atoms with Gasteiger partial charge in [-0.25, -0.2) is 0 Å². The lowest BCUT2D eigenvalue weighted by molar-refractivity contribution is -0.139. The number of nitrogens with one attached hydrogen (secondary N) is 2. The number of piperazine rings is 1. The van der Waals surface area contributed by atoms with Gasteiger partial charge in [-0.05, 0) is 24.8 Å².